The first-order chi connectivity index (χ1) is 11.1. The van der Waals surface area contributed by atoms with Crippen molar-refractivity contribution in [2.24, 2.45) is 0 Å². The summed E-state index contributed by atoms with van der Waals surface area (Å²) in [7, 11) is 0. The number of carbonyl (C=O) groups is 1. The molecular weight excluding hydrogens is 308 g/mol. The lowest BCUT2D eigenvalue weighted by atomic mass is 10.1. The first-order valence-corrected chi connectivity index (χ1v) is 8.96. The van der Waals surface area contributed by atoms with E-state index in [1.165, 1.54) is 30.2 Å². The predicted molar refractivity (Wildman–Crippen MR) is 92.3 cm³/mol. The molecule has 6 heteroatoms. The Bertz CT molecular complexity index is 661. The van der Waals surface area contributed by atoms with Crippen LogP contribution in [-0.2, 0) is 4.79 Å². The first-order valence-electron chi connectivity index (χ1n) is 8.08. The van der Waals surface area contributed by atoms with Gasteiger partial charge in [-0.15, -0.1) is 5.10 Å². The van der Waals surface area contributed by atoms with Crippen LogP contribution in [0.2, 0.25) is 0 Å². The molecule has 1 aromatic carbocycles. The zero-order valence-corrected chi connectivity index (χ0v) is 14.3. The highest BCUT2D eigenvalue weighted by atomic mass is 32.2. The van der Waals surface area contributed by atoms with E-state index >= 15 is 0 Å². The van der Waals surface area contributed by atoms with Crippen molar-refractivity contribution in [2.45, 2.75) is 56.0 Å². The fourth-order valence-electron chi connectivity index (χ4n) is 2.74. The van der Waals surface area contributed by atoms with Gasteiger partial charge in [0.1, 0.15) is 0 Å². The van der Waals surface area contributed by atoms with Gasteiger partial charge in [0.15, 0.2) is 5.82 Å². The van der Waals surface area contributed by atoms with Crippen LogP contribution in [0, 0.1) is 6.92 Å². The van der Waals surface area contributed by atoms with E-state index in [4.69, 9.17) is 0 Å². The van der Waals surface area contributed by atoms with Crippen LogP contribution in [0.4, 0.5) is 0 Å². The molecule has 0 unspecified atom stereocenters. The number of hydrogen-bond acceptors (Lipinski definition) is 4. The van der Waals surface area contributed by atoms with Crippen molar-refractivity contribution >= 4 is 17.7 Å². The molecule has 1 aliphatic carbocycles. The molecule has 1 heterocycles. The molecule has 0 bridgehead atoms. The highest BCUT2D eigenvalue weighted by Gasteiger charge is 2.22. The molecule has 0 spiro atoms. The summed E-state index contributed by atoms with van der Waals surface area (Å²) in [5.41, 5.74) is 2.21. The zero-order valence-electron chi connectivity index (χ0n) is 13.5. The number of nitrogens with zero attached hydrogens (tertiary/aromatic N) is 2. The van der Waals surface area contributed by atoms with Crippen molar-refractivity contribution in [3.8, 4) is 11.4 Å². The number of amides is 1. The van der Waals surface area contributed by atoms with Crippen LogP contribution >= 0.6 is 11.8 Å². The van der Waals surface area contributed by atoms with Crippen molar-refractivity contribution in [3.05, 3.63) is 29.8 Å². The quantitative estimate of drug-likeness (QED) is 0.825. The van der Waals surface area contributed by atoms with Crippen LogP contribution in [0.1, 0.15) is 38.2 Å². The Morgan fingerprint density at radius 2 is 2.00 bits per heavy atom. The number of carbonyl (C=O) groups excluding carboxylic acids is 1. The Hall–Kier alpha value is -1.82. The minimum Gasteiger partial charge on any atom is -0.352 e. The third kappa shape index (κ3) is 4.13. The number of aryl methyl sites for hydroxylation is 1. The second-order valence-electron chi connectivity index (χ2n) is 6.08. The summed E-state index contributed by atoms with van der Waals surface area (Å²) in [5, 5.41) is 10.7. The van der Waals surface area contributed by atoms with Crippen molar-refractivity contribution in [3.63, 3.8) is 0 Å². The molecular formula is C17H22N4OS. The summed E-state index contributed by atoms with van der Waals surface area (Å²) in [5.74, 6) is 0.805. The Kier molecular flexibility index (Phi) is 5.00. The molecule has 1 aromatic heterocycles. The highest BCUT2D eigenvalue weighted by molar-refractivity contribution is 8.00. The van der Waals surface area contributed by atoms with E-state index in [-0.39, 0.29) is 11.2 Å². The average Bonchev–Trinajstić information content (AvgIpc) is 3.20. The summed E-state index contributed by atoms with van der Waals surface area (Å²) in [4.78, 5) is 16.7. The average molecular weight is 330 g/mol. The minimum atomic E-state index is -0.197. The lowest BCUT2D eigenvalue weighted by Crippen LogP contribution is -2.37. The summed E-state index contributed by atoms with van der Waals surface area (Å²) < 4.78 is 0. The summed E-state index contributed by atoms with van der Waals surface area (Å²) in [6.45, 7) is 3.95. The molecule has 1 aliphatic rings. The smallest absolute Gasteiger partial charge is 0.233 e. The van der Waals surface area contributed by atoms with Crippen molar-refractivity contribution in [1.82, 2.24) is 20.5 Å². The lowest BCUT2D eigenvalue weighted by molar-refractivity contribution is -0.120. The number of nitrogens with one attached hydrogen (secondary N) is 2. The number of rotatable bonds is 5. The lowest BCUT2D eigenvalue weighted by Gasteiger charge is -2.15. The van der Waals surface area contributed by atoms with Crippen LogP contribution in [0.3, 0.4) is 0 Å². The largest absolute Gasteiger partial charge is 0.352 e. The van der Waals surface area contributed by atoms with Crippen LogP contribution < -0.4 is 5.32 Å². The second kappa shape index (κ2) is 7.17. The molecule has 2 N–H and O–H groups in total. The Balaban J connectivity index is 1.59. The van der Waals surface area contributed by atoms with Crippen molar-refractivity contribution < 1.29 is 4.79 Å². The summed E-state index contributed by atoms with van der Waals surface area (Å²) in [6.07, 6.45) is 4.63. The van der Waals surface area contributed by atoms with Gasteiger partial charge in [0, 0.05) is 11.6 Å². The Morgan fingerprint density at radius 3 is 2.70 bits per heavy atom. The molecule has 3 rings (SSSR count). The van der Waals surface area contributed by atoms with E-state index in [9.17, 15) is 4.79 Å². The second-order valence-corrected chi connectivity index (χ2v) is 7.39. The molecule has 1 saturated carbocycles. The summed E-state index contributed by atoms with van der Waals surface area (Å²) in [6, 6.07) is 8.46. The van der Waals surface area contributed by atoms with Gasteiger partial charge in [0.05, 0.1) is 5.25 Å². The van der Waals surface area contributed by atoms with Crippen LogP contribution in [-0.4, -0.2) is 32.4 Å². The number of aromatic nitrogens is 3. The van der Waals surface area contributed by atoms with Crippen LogP contribution in [0.5, 0.6) is 0 Å². The topological polar surface area (TPSA) is 70.7 Å². The third-order valence-electron chi connectivity index (χ3n) is 4.14. The SMILES string of the molecule is Cc1ccc(-c2nc(S[C@@H](C)C(=O)NC3CCCC3)n[nH]2)cc1. The van der Waals surface area contributed by atoms with Crippen LogP contribution in [0.15, 0.2) is 29.4 Å². The number of aromatic amines is 1. The highest BCUT2D eigenvalue weighted by Crippen LogP contribution is 2.24. The predicted octanol–water partition coefficient (Wildman–Crippen LogP) is 3.32. The molecule has 1 fully saturated rings. The Morgan fingerprint density at radius 1 is 1.30 bits per heavy atom. The monoisotopic (exact) mass is 330 g/mol. The fourth-order valence-corrected chi connectivity index (χ4v) is 3.47. The molecule has 2 aromatic rings. The minimum absolute atomic E-state index is 0.0728. The van der Waals surface area contributed by atoms with E-state index in [0.29, 0.717) is 11.2 Å². The maximum Gasteiger partial charge on any atom is 0.233 e. The van der Waals surface area contributed by atoms with E-state index in [1.807, 2.05) is 31.2 Å². The number of H-pyrrole nitrogens is 1. The zero-order chi connectivity index (χ0) is 16.2. The number of thioether (sulfide) groups is 1. The van der Waals surface area contributed by atoms with Gasteiger partial charge in [-0.05, 0) is 26.7 Å². The van der Waals surface area contributed by atoms with Gasteiger partial charge in [0.2, 0.25) is 11.1 Å². The van der Waals surface area contributed by atoms with Gasteiger partial charge < -0.3 is 5.32 Å². The van der Waals surface area contributed by atoms with E-state index in [1.54, 1.807) is 0 Å². The standard InChI is InChI=1S/C17H22N4OS/c1-11-7-9-13(10-8-11)15-19-17(21-20-15)23-12(2)16(22)18-14-5-3-4-6-14/h7-10,12,14H,3-6H2,1-2H3,(H,18,22)(H,19,20,21)/t12-/m0/s1. The van der Waals surface area contributed by atoms with Gasteiger partial charge in [-0.3, -0.25) is 9.89 Å². The number of benzene rings is 1. The maximum absolute atomic E-state index is 12.2. The Labute approximate surface area is 140 Å². The van der Waals surface area contributed by atoms with Gasteiger partial charge in [-0.2, -0.15) is 0 Å². The first kappa shape index (κ1) is 16.1. The van der Waals surface area contributed by atoms with E-state index in [0.717, 1.165) is 24.2 Å². The van der Waals surface area contributed by atoms with E-state index < -0.39 is 0 Å². The van der Waals surface area contributed by atoms with E-state index in [2.05, 4.69) is 27.4 Å². The van der Waals surface area contributed by atoms with Crippen molar-refractivity contribution in [1.29, 1.82) is 0 Å². The molecule has 1 atom stereocenters. The molecule has 122 valence electrons. The molecule has 1 amide bonds. The molecule has 5 nitrogen and oxygen atoms in total. The van der Waals surface area contributed by atoms with Crippen molar-refractivity contribution in [2.75, 3.05) is 0 Å². The molecule has 0 radical (unpaired) electrons. The fraction of sp³-hybridized carbons (Fsp3) is 0.471. The maximum atomic E-state index is 12.2. The summed E-state index contributed by atoms with van der Waals surface area (Å²) >= 11 is 1.39. The molecule has 0 aliphatic heterocycles. The van der Waals surface area contributed by atoms with Crippen LogP contribution in [0.25, 0.3) is 11.4 Å². The van der Waals surface area contributed by atoms with Gasteiger partial charge >= 0.3 is 0 Å². The number of hydrogen-bond donors (Lipinski definition) is 2. The van der Waals surface area contributed by atoms with Gasteiger partial charge in [-0.1, -0.05) is 54.4 Å². The molecule has 23 heavy (non-hydrogen) atoms. The van der Waals surface area contributed by atoms with Gasteiger partial charge in [0.25, 0.3) is 0 Å². The third-order valence-corrected chi connectivity index (χ3v) is 5.10. The normalized spacial score (nSPS) is 16.4. The van der Waals surface area contributed by atoms with Gasteiger partial charge in [-0.25, -0.2) is 4.98 Å². The molecule has 0 saturated heterocycles.